The Labute approximate surface area is 101 Å². The van der Waals surface area contributed by atoms with E-state index in [2.05, 4.69) is 10.3 Å². The molecule has 1 aromatic heterocycles. The fraction of sp³-hybridized carbons (Fsp3) is 0. The number of carbonyl (C=O) groups excluding carboxylic acids is 1. The Morgan fingerprint density at radius 3 is 2.67 bits per heavy atom. The lowest BCUT2D eigenvalue weighted by atomic mass is 10.2. The highest BCUT2D eigenvalue weighted by molar-refractivity contribution is 6.03. The number of nitrogens with two attached hydrogens (primary N) is 1. The largest absolute Gasteiger partial charge is 0.399 e. The summed E-state index contributed by atoms with van der Waals surface area (Å²) >= 11 is 0. The van der Waals surface area contributed by atoms with Gasteiger partial charge in [0.2, 0.25) is 0 Å². The molecule has 0 atom stereocenters. The monoisotopic (exact) mass is 249 g/mol. The van der Waals surface area contributed by atoms with Crippen LogP contribution >= 0.6 is 0 Å². The lowest BCUT2D eigenvalue weighted by Crippen LogP contribution is -2.14. The van der Waals surface area contributed by atoms with Gasteiger partial charge in [0.25, 0.3) is 5.91 Å². The van der Waals surface area contributed by atoms with Gasteiger partial charge < -0.3 is 11.1 Å². The third-order valence-electron chi connectivity index (χ3n) is 2.20. The molecule has 0 saturated carbocycles. The van der Waals surface area contributed by atoms with Gasteiger partial charge >= 0.3 is 0 Å². The number of nitrogens with zero attached hydrogens (tertiary/aromatic N) is 1. The van der Waals surface area contributed by atoms with Gasteiger partial charge in [0.05, 0.1) is 5.69 Å². The van der Waals surface area contributed by atoms with Crippen LogP contribution in [0.25, 0.3) is 0 Å². The molecule has 1 aromatic carbocycles. The molecule has 6 heteroatoms. The molecule has 0 bridgehead atoms. The van der Waals surface area contributed by atoms with E-state index in [-0.39, 0.29) is 11.4 Å². The third kappa shape index (κ3) is 2.60. The third-order valence-corrected chi connectivity index (χ3v) is 2.20. The van der Waals surface area contributed by atoms with Gasteiger partial charge in [0.1, 0.15) is 17.3 Å². The van der Waals surface area contributed by atoms with Crippen LogP contribution in [0.4, 0.5) is 20.2 Å². The summed E-state index contributed by atoms with van der Waals surface area (Å²) in [5.41, 5.74) is 5.80. The van der Waals surface area contributed by atoms with E-state index >= 15 is 0 Å². The van der Waals surface area contributed by atoms with Crippen LogP contribution in [0.5, 0.6) is 0 Å². The predicted molar refractivity (Wildman–Crippen MR) is 63.0 cm³/mol. The van der Waals surface area contributed by atoms with Crippen LogP contribution in [0.3, 0.4) is 0 Å². The number of anilines is 2. The van der Waals surface area contributed by atoms with Crippen LogP contribution in [0.1, 0.15) is 10.5 Å². The summed E-state index contributed by atoms with van der Waals surface area (Å²) in [5, 5.41) is 2.28. The number of hydrogen-bond donors (Lipinski definition) is 2. The molecule has 0 aliphatic carbocycles. The Hall–Kier alpha value is -2.50. The number of nitrogen functional groups attached to an aromatic ring is 1. The van der Waals surface area contributed by atoms with E-state index in [9.17, 15) is 13.6 Å². The second-order valence-electron chi connectivity index (χ2n) is 3.55. The Morgan fingerprint density at radius 1 is 1.22 bits per heavy atom. The number of amides is 1. The summed E-state index contributed by atoms with van der Waals surface area (Å²) in [6, 6.07) is 5.74. The Kier molecular flexibility index (Phi) is 3.18. The van der Waals surface area contributed by atoms with Crippen LogP contribution in [0.2, 0.25) is 0 Å². The van der Waals surface area contributed by atoms with Gasteiger partial charge in [-0.2, -0.15) is 0 Å². The summed E-state index contributed by atoms with van der Waals surface area (Å²) in [6.45, 7) is 0. The van der Waals surface area contributed by atoms with Crippen molar-refractivity contribution in [2.24, 2.45) is 0 Å². The van der Waals surface area contributed by atoms with Crippen molar-refractivity contribution in [1.29, 1.82) is 0 Å². The van der Waals surface area contributed by atoms with Crippen molar-refractivity contribution >= 4 is 17.3 Å². The zero-order valence-corrected chi connectivity index (χ0v) is 9.15. The van der Waals surface area contributed by atoms with E-state index in [1.807, 2.05) is 0 Å². The number of aromatic nitrogens is 1. The maximum Gasteiger partial charge on any atom is 0.274 e. The van der Waals surface area contributed by atoms with E-state index in [4.69, 9.17) is 5.73 Å². The molecule has 0 radical (unpaired) electrons. The number of benzene rings is 1. The first-order valence-corrected chi connectivity index (χ1v) is 5.04. The normalized spacial score (nSPS) is 10.1. The minimum absolute atomic E-state index is 0.0544. The Balaban J connectivity index is 2.21. The fourth-order valence-corrected chi connectivity index (χ4v) is 1.35. The molecule has 3 N–H and O–H groups in total. The van der Waals surface area contributed by atoms with Crippen molar-refractivity contribution in [3.05, 3.63) is 53.9 Å². The zero-order valence-electron chi connectivity index (χ0n) is 9.15. The minimum atomic E-state index is -0.854. The van der Waals surface area contributed by atoms with Crippen molar-refractivity contribution in [1.82, 2.24) is 4.98 Å². The Bertz CT molecular complexity index is 602. The van der Waals surface area contributed by atoms with Gasteiger partial charge in [-0.1, -0.05) is 0 Å². The van der Waals surface area contributed by atoms with Crippen molar-refractivity contribution < 1.29 is 13.6 Å². The first kappa shape index (κ1) is 12.0. The maximum absolute atomic E-state index is 13.3. The molecule has 0 saturated heterocycles. The molecule has 0 spiro atoms. The number of nitrogens with one attached hydrogen (secondary N) is 1. The predicted octanol–water partition coefficient (Wildman–Crippen LogP) is 2.19. The smallest absolute Gasteiger partial charge is 0.274 e. The molecule has 0 aliphatic heterocycles. The maximum atomic E-state index is 13.3. The van der Waals surface area contributed by atoms with Crippen molar-refractivity contribution in [3.8, 4) is 0 Å². The molecule has 2 aromatic rings. The van der Waals surface area contributed by atoms with Gasteiger partial charge in [-0.3, -0.25) is 9.78 Å². The minimum Gasteiger partial charge on any atom is -0.399 e. The molecule has 18 heavy (non-hydrogen) atoms. The number of hydrogen-bond acceptors (Lipinski definition) is 3. The average molecular weight is 249 g/mol. The molecular weight excluding hydrogens is 240 g/mol. The molecular formula is C12H9F2N3O. The molecule has 4 nitrogen and oxygen atoms in total. The molecule has 0 unspecified atom stereocenters. The van der Waals surface area contributed by atoms with Crippen LogP contribution in [0, 0.1) is 11.6 Å². The summed E-state index contributed by atoms with van der Waals surface area (Å²) in [4.78, 5) is 15.5. The van der Waals surface area contributed by atoms with Crippen molar-refractivity contribution in [2.45, 2.75) is 0 Å². The van der Waals surface area contributed by atoms with Gasteiger partial charge in [0, 0.05) is 18.0 Å². The first-order valence-electron chi connectivity index (χ1n) is 5.04. The topological polar surface area (TPSA) is 68.0 Å². The summed E-state index contributed by atoms with van der Waals surface area (Å²) < 4.78 is 26.0. The molecule has 0 fully saturated rings. The number of halogens is 2. The van der Waals surface area contributed by atoms with E-state index in [1.165, 1.54) is 18.3 Å². The second kappa shape index (κ2) is 4.79. The van der Waals surface area contributed by atoms with Crippen LogP contribution in [-0.2, 0) is 0 Å². The van der Waals surface area contributed by atoms with Crippen LogP contribution in [0.15, 0.2) is 36.5 Å². The van der Waals surface area contributed by atoms with E-state index < -0.39 is 17.5 Å². The quantitative estimate of drug-likeness (QED) is 0.857. The fourth-order valence-electron chi connectivity index (χ4n) is 1.35. The van der Waals surface area contributed by atoms with Gasteiger partial charge in [-0.05, 0) is 24.3 Å². The number of pyridine rings is 1. The molecule has 1 amide bonds. The summed E-state index contributed by atoms with van der Waals surface area (Å²) in [5.74, 6) is -2.19. The van der Waals surface area contributed by atoms with Gasteiger partial charge in [0.15, 0.2) is 0 Å². The highest BCUT2D eigenvalue weighted by atomic mass is 19.1. The molecule has 0 aliphatic rings. The number of rotatable bonds is 2. The SMILES string of the molecule is Nc1ccnc(C(=O)Nc2ccc(F)cc2F)c1. The average Bonchev–Trinajstić information content (AvgIpc) is 2.32. The zero-order chi connectivity index (χ0) is 13.1. The molecule has 1 heterocycles. The molecule has 92 valence electrons. The van der Waals surface area contributed by atoms with Crippen molar-refractivity contribution in [2.75, 3.05) is 11.1 Å². The van der Waals surface area contributed by atoms with Gasteiger partial charge in [-0.15, -0.1) is 0 Å². The second-order valence-corrected chi connectivity index (χ2v) is 3.55. The number of carbonyl (C=O) groups is 1. The summed E-state index contributed by atoms with van der Waals surface area (Å²) in [7, 11) is 0. The van der Waals surface area contributed by atoms with Crippen LogP contribution in [-0.4, -0.2) is 10.9 Å². The van der Waals surface area contributed by atoms with Crippen LogP contribution < -0.4 is 11.1 Å². The highest BCUT2D eigenvalue weighted by Crippen LogP contribution is 2.16. The molecule has 2 rings (SSSR count). The van der Waals surface area contributed by atoms with E-state index in [1.54, 1.807) is 0 Å². The highest BCUT2D eigenvalue weighted by Gasteiger charge is 2.11. The lowest BCUT2D eigenvalue weighted by molar-refractivity contribution is 0.102. The lowest BCUT2D eigenvalue weighted by Gasteiger charge is -2.06. The summed E-state index contributed by atoms with van der Waals surface area (Å²) in [6.07, 6.45) is 1.37. The van der Waals surface area contributed by atoms with Crippen molar-refractivity contribution in [3.63, 3.8) is 0 Å². The van der Waals surface area contributed by atoms with E-state index in [0.717, 1.165) is 12.1 Å². The standard InChI is InChI=1S/C12H9F2N3O/c13-7-1-2-10(9(14)5-7)17-12(18)11-6-8(15)3-4-16-11/h1-6H,(H2,15,16)(H,17,18). The first-order chi connectivity index (χ1) is 8.56. The van der Waals surface area contributed by atoms with E-state index in [0.29, 0.717) is 11.8 Å². The van der Waals surface area contributed by atoms with Gasteiger partial charge in [-0.25, -0.2) is 8.78 Å². The Morgan fingerprint density at radius 2 is 2.00 bits per heavy atom.